The first-order valence-corrected chi connectivity index (χ1v) is 5.98. The van der Waals surface area contributed by atoms with Gasteiger partial charge in [-0.05, 0) is 26.9 Å². The summed E-state index contributed by atoms with van der Waals surface area (Å²) >= 11 is 0. The van der Waals surface area contributed by atoms with Gasteiger partial charge in [0.25, 0.3) is 0 Å². The number of ether oxygens (including phenoxy) is 1. The van der Waals surface area contributed by atoms with Crippen LogP contribution in [0.4, 0.5) is 0 Å². The van der Waals surface area contributed by atoms with Crippen molar-refractivity contribution in [3.8, 4) is 0 Å². The van der Waals surface area contributed by atoms with E-state index in [0.29, 0.717) is 24.6 Å². The topological polar surface area (TPSA) is 55.6 Å². The lowest BCUT2D eigenvalue weighted by molar-refractivity contribution is 0.0512. The van der Waals surface area contributed by atoms with Crippen LogP contribution in [-0.2, 0) is 11.3 Å². The van der Waals surface area contributed by atoms with Crippen LogP contribution in [0.25, 0.3) is 0 Å². The number of esters is 1. The molecule has 0 amide bonds. The highest BCUT2D eigenvalue weighted by molar-refractivity contribution is 5.88. The monoisotopic (exact) mass is 240 g/mol. The Hall–Kier alpha value is -1.36. The number of aromatic nitrogens is 1. The maximum absolute atomic E-state index is 11.7. The molecule has 5 heteroatoms. The summed E-state index contributed by atoms with van der Waals surface area (Å²) in [6, 6.07) is 0. The van der Waals surface area contributed by atoms with Gasteiger partial charge in [0.2, 0.25) is 0 Å². The van der Waals surface area contributed by atoms with Gasteiger partial charge < -0.3 is 9.26 Å². The molecule has 1 heterocycles. The lowest BCUT2D eigenvalue weighted by Crippen LogP contribution is -2.23. The maximum Gasteiger partial charge on any atom is 0.360 e. The van der Waals surface area contributed by atoms with E-state index in [2.05, 4.69) is 23.9 Å². The lowest BCUT2D eigenvalue weighted by atomic mass is 10.2. The van der Waals surface area contributed by atoms with Crippen molar-refractivity contribution in [3.05, 3.63) is 17.0 Å². The van der Waals surface area contributed by atoms with Crippen LogP contribution in [-0.4, -0.2) is 35.7 Å². The zero-order valence-corrected chi connectivity index (χ0v) is 10.9. The van der Waals surface area contributed by atoms with Crippen molar-refractivity contribution in [3.63, 3.8) is 0 Å². The van der Waals surface area contributed by atoms with E-state index in [0.717, 1.165) is 18.7 Å². The summed E-state index contributed by atoms with van der Waals surface area (Å²) < 4.78 is 10.0. The predicted molar refractivity (Wildman–Crippen MR) is 63.8 cm³/mol. The molecule has 1 aromatic heterocycles. The molecule has 0 aliphatic heterocycles. The molecule has 17 heavy (non-hydrogen) atoms. The molecule has 1 rings (SSSR count). The molecule has 0 saturated carbocycles. The third kappa shape index (κ3) is 3.30. The van der Waals surface area contributed by atoms with Crippen LogP contribution >= 0.6 is 0 Å². The largest absolute Gasteiger partial charge is 0.461 e. The molecular formula is C12H20N2O3. The van der Waals surface area contributed by atoms with Crippen LogP contribution in [0.5, 0.6) is 0 Å². The zero-order chi connectivity index (χ0) is 12.8. The Labute approximate surface area is 102 Å². The van der Waals surface area contributed by atoms with Crippen molar-refractivity contribution in [1.29, 1.82) is 0 Å². The molecule has 0 aliphatic carbocycles. The standard InChI is InChI=1S/C12H20N2O3/c1-5-14(6-2)8-10-9(4)17-13-11(10)12(15)16-7-3/h5-8H2,1-4H3. The molecule has 0 saturated heterocycles. The number of carbonyl (C=O) groups excluding carboxylic acids is 1. The van der Waals surface area contributed by atoms with Gasteiger partial charge in [0, 0.05) is 12.1 Å². The number of aryl methyl sites for hydroxylation is 1. The predicted octanol–water partition coefficient (Wildman–Crippen LogP) is 2.00. The Morgan fingerprint density at radius 3 is 2.53 bits per heavy atom. The van der Waals surface area contributed by atoms with E-state index in [1.54, 1.807) is 6.92 Å². The first kappa shape index (κ1) is 13.7. The van der Waals surface area contributed by atoms with E-state index in [4.69, 9.17) is 9.26 Å². The molecule has 0 unspecified atom stereocenters. The molecule has 0 atom stereocenters. The molecule has 96 valence electrons. The molecule has 0 spiro atoms. The minimum absolute atomic E-state index is 0.302. The van der Waals surface area contributed by atoms with Gasteiger partial charge in [0.15, 0.2) is 5.69 Å². The Balaban J connectivity index is 2.89. The van der Waals surface area contributed by atoms with E-state index >= 15 is 0 Å². The van der Waals surface area contributed by atoms with Gasteiger partial charge >= 0.3 is 5.97 Å². The van der Waals surface area contributed by atoms with Crippen molar-refractivity contribution in [2.75, 3.05) is 19.7 Å². The smallest absolute Gasteiger partial charge is 0.360 e. The molecule has 0 N–H and O–H groups in total. The molecule has 0 aromatic carbocycles. The second-order valence-corrected chi connectivity index (χ2v) is 3.75. The molecular weight excluding hydrogens is 220 g/mol. The highest BCUT2D eigenvalue weighted by Gasteiger charge is 2.21. The minimum atomic E-state index is -0.411. The fourth-order valence-corrected chi connectivity index (χ4v) is 1.61. The van der Waals surface area contributed by atoms with Gasteiger partial charge in [-0.15, -0.1) is 0 Å². The number of nitrogens with zero attached hydrogens (tertiary/aromatic N) is 2. The van der Waals surface area contributed by atoms with Crippen molar-refractivity contribution in [2.24, 2.45) is 0 Å². The lowest BCUT2D eigenvalue weighted by Gasteiger charge is -2.17. The van der Waals surface area contributed by atoms with Gasteiger partial charge in [-0.3, -0.25) is 4.90 Å². The molecule has 0 aliphatic rings. The Kier molecular flexibility index (Phi) is 5.15. The van der Waals surface area contributed by atoms with Gasteiger partial charge in [-0.2, -0.15) is 0 Å². The molecule has 0 fully saturated rings. The summed E-state index contributed by atoms with van der Waals surface area (Å²) in [7, 11) is 0. The summed E-state index contributed by atoms with van der Waals surface area (Å²) in [5.74, 6) is 0.270. The summed E-state index contributed by atoms with van der Waals surface area (Å²) in [5, 5.41) is 3.78. The van der Waals surface area contributed by atoms with Crippen LogP contribution < -0.4 is 0 Å². The second-order valence-electron chi connectivity index (χ2n) is 3.75. The van der Waals surface area contributed by atoms with E-state index in [-0.39, 0.29) is 0 Å². The van der Waals surface area contributed by atoms with Gasteiger partial charge in [0.05, 0.1) is 6.61 Å². The minimum Gasteiger partial charge on any atom is -0.461 e. The molecule has 0 radical (unpaired) electrons. The highest BCUT2D eigenvalue weighted by Crippen LogP contribution is 2.16. The van der Waals surface area contributed by atoms with E-state index in [9.17, 15) is 4.79 Å². The average Bonchev–Trinajstić information content (AvgIpc) is 2.68. The fraction of sp³-hybridized carbons (Fsp3) is 0.667. The van der Waals surface area contributed by atoms with Crippen LogP contribution in [0.3, 0.4) is 0 Å². The van der Waals surface area contributed by atoms with Crippen molar-refractivity contribution in [2.45, 2.75) is 34.2 Å². The summed E-state index contributed by atoms with van der Waals surface area (Å²) in [6.45, 7) is 10.6. The van der Waals surface area contributed by atoms with Crippen LogP contribution in [0.15, 0.2) is 4.52 Å². The summed E-state index contributed by atoms with van der Waals surface area (Å²) in [6.07, 6.45) is 0. The SMILES string of the molecule is CCOC(=O)c1noc(C)c1CN(CC)CC. The highest BCUT2D eigenvalue weighted by atomic mass is 16.5. The average molecular weight is 240 g/mol. The van der Waals surface area contributed by atoms with Crippen LogP contribution in [0.2, 0.25) is 0 Å². The molecule has 5 nitrogen and oxygen atoms in total. The van der Waals surface area contributed by atoms with Crippen molar-refractivity contribution < 1.29 is 14.1 Å². The first-order chi connectivity index (χ1) is 8.13. The Morgan fingerprint density at radius 1 is 1.35 bits per heavy atom. The number of hydrogen-bond donors (Lipinski definition) is 0. The quantitative estimate of drug-likeness (QED) is 0.712. The van der Waals surface area contributed by atoms with Gasteiger partial charge in [-0.1, -0.05) is 19.0 Å². The van der Waals surface area contributed by atoms with Crippen molar-refractivity contribution in [1.82, 2.24) is 10.1 Å². The third-order valence-corrected chi connectivity index (χ3v) is 2.73. The number of carbonyl (C=O) groups is 1. The first-order valence-electron chi connectivity index (χ1n) is 5.98. The molecule has 0 bridgehead atoms. The number of rotatable bonds is 6. The third-order valence-electron chi connectivity index (χ3n) is 2.73. The Bertz CT molecular complexity index is 370. The normalized spacial score (nSPS) is 10.9. The fourth-order valence-electron chi connectivity index (χ4n) is 1.61. The number of hydrogen-bond acceptors (Lipinski definition) is 5. The second kappa shape index (κ2) is 6.39. The Morgan fingerprint density at radius 2 is 2.00 bits per heavy atom. The van der Waals surface area contributed by atoms with Crippen molar-refractivity contribution >= 4 is 5.97 Å². The van der Waals surface area contributed by atoms with Gasteiger partial charge in [0.1, 0.15) is 5.76 Å². The maximum atomic E-state index is 11.7. The zero-order valence-electron chi connectivity index (χ0n) is 10.9. The van der Waals surface area contributed by atoms with Crippen LogP contribution in [0.1, 0.15) is 42.6 Å². The van der Waals surface area contributed by atoms with E-state index in [1.165, 1.54) is 0 Å². The van der Waals surface area contributed by atoms with Gasteiger partial charge in [-0.25, -0.2) is 4.79 Å². The van der Waals surface area contributed by atoms with Crippen LogP contribution in [0, 0.1) is 6.92 Å². The summed E-state index contributed by atoms with van der Waals surface area (Å²) in [5.41, 5.74) is 1.13. The molecule has 1 aromatic rings. The summed E-state index contributed by atoms with van der Waals surface area (Å²) in [4.78, 5) is 13.9. The van der Waals surface area contributed by atoms with E-state index in [1.807, 2.05) is 6.92 Å². The van der Waals surface area contributed by atoms with E-state index < -0.39 is 5.97 Å².